The fourth-order valence-corrected chi connectivity index (χ4v) is 3.13. The fourth-order valence-electron chi connectivity index (χ4n) is 3.13. The number of ether oxygens (including phenoxy) is 3. The van der Waals surface area contributed by atoms with E-state index in [9.17, 15) is 9.59 Å². The average Bonchev–Trinajstić information content (AvgIpc) is 2.99. The Morgan fingerprint density at radius 2 is 1.86 bits per heavy atom. The molecule has 28 heavy (non-hydrogen) atoms. The molecule has 1 atom stereocenters. The molecule has 1 N–H and O–H groups in total. The first-order chi connectivity index (χ1) is 13.3. The van der Waals surface area contributed by atoms with Gasteiger partial charge in [-0.15, -0.1) is 0 Å². The van der Waals surface area contributed by atoms with Gasteiger partial charge in [0.05, 0.1) is 6.04 Å². The molecular weight excluding hydrogens is 358 g/mol. The number of para-hydroxylation sites is 1. The van der Waals surface area contributed by atoms with E-state index in [1.165, 1.54) is 0 Å². The molecule has 0 aromatic heterocycles. The van der Waals surface area contributed by atoms with Crippen molar-refractivity contribution >= 4 is 11.9 Å². The van der Waals surface area contributed by atoms with Gasteiger partial charge in [0.15, 0.2) is 24.7 Å². The molecule has 0 radical (unpaired) electrons. The maximum absolute atomic E-state index is 12.0. The standard InChI is InChI=1S/C22H25NO5/c1-15(16-8-5-4-6-9-16)23-19(24)13-27-20(25)14-26-18-11-7-10-17-12-22(2,3)28-21(17)18/h4-11,15H,12-14H2,1-3H3,(H,23,24)/t15-/m1/s1. The van der Waals surface area contributed by atoms with Crippen LogP contribution < -0.4 is 14.8 Å². The van der Waals surface area contributed by atoms with Gasteiger partial charge < -0.3 is 19.5 Å². The Hall–Kier alpha value is -3.02. The lowest BCUT2D eigenvalue weighted by Gasteiger charge is -2.18. The number of nitrogens with one attached hydrogen (secondary N) is 1. The Morgan fingerprint density at radius 3 is 2.61 bits per heavy atom. The molecule has 0 fully saturated rings. The van der Waals surface area contributed by atoms with Gasteiger partial charge in [-0.2, -0.15) is 0 Å². The van der Waals surface area contributed by atoms with Crippen molar-refractivity contribution in [3.8, 4) is 11.5 Å². The molecule has 0 aliphatic carbocycles. The van der Waals surface area contributed by atoms with Crippen molar-refractivity contribution in [2.24, 2.45) is 0 Å². The van der Waals surface area contributed by atoms with Gasteiger partial charge in [-0.05, 0) is 32.4 Å². The van der Waals surface area contributed by atoms with Crippen LogP contribution in [0, 0.1) is 0 Å². The quantitative estimate of drug-likeness (QED) is 0.744. The molecule has 0 spiro atoms. The van der Waals surface area contributed by atoms with E-state index < -0.39 is 5.97 Å². The number of rotatable bonds is 7. The normalized spacial score (nSPS) is 15.1. The Balaban J connectivity index is 1.45. The third-order valence-corrected chi connectivity index (χ3v) is 4.44. The lowest BCUT2D eigenvalue weighted by Crippen LogP contribution is -2.31. The first kappa shape index (κ1) is 19.7. The van der Waals surface area contributed by atoms with Crippen LogP contribution in [0.4, 0.5) is 0 Å². The van der Waals surface area contributed by atoms with E-state index in [-0.39, 0.29) is 30.8 Å². The number of esters is 1. The molecule has 0 bridgehead atoms. The van der Waals surface area contributed by atoms with Crippen LogP contribution in [-0.4, -0.2) is 30.7 Å². The number of carbonyl (C=O) groups excluding carboxylic acids is 2. The summed E-state index contributed by atoms with van der Waals surface area (Å²) < 4.78 is 16.5. The number of amides is 1. The van der Waals surface area contributed by atoms with Gasteiger partial charge in [-0.3, -0.25) is 4.79 Å². The zero-order chi connectivity index (χ0) is 20.1. The molecule has 2 aromatic rings. The highest BCUT2D eigenvalue weighted by Gasteiger charge is 2.32. The summed E-state index contributed by atoms with van der Waals surface area (Å²) >= 11 is 0. The SMILES string of the molecule is C[C@@H](NC(=O)COC(=O)COc1cccc2c1OC(C)(C)C2)c1ccccc1. The van der Waals surface area contributed by atoms with Crippen molar-refractivity contribution in [2.75, 3.05) is 13.2 Å². The van der Waals surface area contributed by atoms with Crippen LogP contribution in [0.5, 0.6) is 11.5 Å². The summed E-state index contributed by atoms with van der Waals surface area (Å²) in [5, 5.41) is 2.79. The molecule has 2 aromatic carbocycles. The topological polar surface area (TPSA) is 73.9 Å². The van der Waals surface area contributed by atoms with Crippen molar-refractivity contribution in [3.05, 3.63) is 59.7 Å². The van der Waals surface area contributed by atoms with Crippen LogP contribution in [0.15, 0.2) is 48.5 Å². The number of benzene rings is 2. The number of hydrogen-bond donors (Lipinski definition) is 1. The van der Waals surface area contributed by atoms with Crippen molar-refractivity contribution in [3.63, 3.8) is 0 Å². The summed E-state index contributed by atoms with van der Waals surface area (Å²) in [6.45, 7) is 5.23. The van der Waals surface area contributed by atoms with E-state index in [0.29, 0.717) is 11.5 Å². The van der Waals surface area contributed by atoms with E-state index >= 15 is 0 Å². The van der Waals surface area contributed by atoms with Crippen LogP contribution in [0.1, 0.15) is 37.9 Å². The smallest absolute Gasteiger partial charge is 0.344 e. The maximum Gasteiger partial charge on any atom is 0.344 e. The molecule has 1 amide bonds. The van der Waals surface area contributed by atoms with E-state index in [4.69, 9.17) is 14.2 Å². The number of hydrogen-bond acceptors (Lipinski definition) is 5. The molecule has 1 aliphatic heterocycles. The summed E-state index contributed by atoms with van der Waals surface area (Å²) in [6.07, 6.45) is 0.781. The van der Waals surface area contributed by atoms with Crippen molar-refractivity contribution in [1.29, 1.82) is 0 Å². The minimum Gasteiger partial charge on any atom is -0.483 e. The Bertz CT molecular complexity index is 847. The van der Waals surface area contributed by atoms with Crippen LogP contribution in [0.2, 0.25) is 0 Å². The fraction of sp³-hybridized carbons (Fsp3) is 0.364. The predicted octanol–water partition coefficient (Wildman–Crippen LogP) is 3.20. The van der Waals surface area contributed by atoms with Gasteiger partial charge in [-0.1, -0.05) is 42.5 Å². The Morgan fingerprint density at radius 1 is 1.11 bits per heavy atom. The van der Waals surface area contributed by atoms with Gasteiger partial charge in [0, 0.05) is 12.0 Å². The summed E-state index contributed by atoms with van der Waals surface area (Å²) in [4.78, 5) is 23.9. The van der Waals surface area contributed by atoms with Gasteiger partial charge in [0.2, 0.25) is 0 Å². The van der Waals surface area contributed by atoms with Crippen LogP contribution in [0.25, 0.3) is 0 Å². The minimum atomic E-state index is -0.614. The molecule has 6 nitrogen and oxygen atoms in total. The molecule has 0 unspecified atom stereocenters. The Labute approximate surface area is 164 Å². The summed E-state index contributed by atoms with van der Waals surface area (Å²) in [6, 6.07) is 15.0. The summed E-state index contributed by atoms with van der Waals surface area (Å²) in [5.41, 5.74) is 1.73. The van der Waals surface area contributed by atoms with Gasteiger partial charge in [0.1, 0.15) is 5.60 Å². The average molecular weight is 383 g/mol. The first-order valence-electron chi connectivity index (χ1n) is 9.28. The van der Waals surface area contributed by atoms with Crippen molar-refractivity contribution in [2.45, 2.75) is 38.8 Å². The lowest BCUT2D eigenvalue weighted by atomic mass is 10.0. The van der Waals surface area contributed by atoms with Crippen LogP contribution in [0.3, 0.4) is 0 Å². The highest BCUT2D eigenvalue weighted by Crippen LogP contribution is 2.41. The first-order valence-corrected chi connectivity index (χ1v) is 9.28. The second kappa shape index (κ2) is 8.33. The lowest BCUT2D eigenvalue weighted by molar-refractivity contribution is -0.150. The monoisotopic (exact) mass is 383 g/mol. The summed E-state index contributed by atoms with van der Waals surface area (Å²) in [5.74, 6) is 0.185. The highest BCUT2D eigenvalue weighted by atomic mass is 16.6. The van der Waals surface area contributed by atoms with Crippen LogP contribution in [-0.2, 0) is 20.7 Å². The van der Waals surface area contributed by atoms with Crippen molar-refractivity contribution in [1.82, 2.24) is 5.32 Å². The molecule has 1 heterocycles. The number of carbonyl (C=O) groups is 2. The van der Waals surface area contributed by atoms with E-state index in [0.717, 1.165) is 17.5 Å². The van der Waals surface area contributed by atoms with Gasteiger partial charge in [0.25, 0.3) is 5.91 Å². The summed E-state index contributed by atoms with van der Waals surface area (Å²) in [7, 11) is 0. The van der Waals surface area contributed by atoms with E-state index in [2.05, 4.69) is 5.32 Å². The molecular formula is C22H25NO5. The second-order valence-electron chi connectivity index (χ2n) is 7.43. The predicted molar refractivity (Wildman–Crippen MR) is 104 cm³/mol. The van der Waals surface area contributed by atoms with E-state index in [1.807, 2.05) is 63.2 Å². The second-order valence-corrected chi connectivity index (χ2v) is 7.43. The minimum absolute atomic E-state index is 0.170. The van der Waals surface area contributed by atoms with E-state index in [1.54, 1.807) is 6.07 Å². The zero-order valence-electron chi connectivity index (χ0n) is 16.4. The van der Waals surface area contributed by atoms with Gasteiger partial charge in [-0.25, -0.2) is 4.79 Å². The largest absolute Gasteiger partial charge is 0.483 e. The van der Waals surface area contributed by atoms with Crippen molar-refractivity contribution < 1.29 is 23.8 Å². The molecule has 148 valence electrons. The highest BCUT2D eigenvalue weighted by molar-refractivity contribution is 5.81. The molecule has 6 heteroatoms. The molecule has 3 rings (SSSR count). The molecule has 0 saturated carbocycles. The van der Waals surface area contributed by atoms with Gasteiger partial charge >= 0.3 is 5.97 Å². The zero-order valence-corrected chi connectivity index (χ0v) is 16.4. The van der Waals surface area contributed by atoms with Crippen LogP contribution >= 0.6 is 0 Å². The molecule has 1 aliphatic rings. The third kappa shape index (κ3) is 5.03. The molecule has 0 saturated heterocycles. The maximum atomic E-state index is 12.0. The third-order valence-electron chi connectivity index (χ3n) is 4.44. The Kier molecular flexibility index (Phi) is 5.87. The number of fused-ring (bicyclic) bond motifs is 1.